The molecule has 0 bridgehead atoms. The van der Waals surface area contributed by atoms with Crippen LogP contribution < -0.4 is 4.74 Å². The molecule has 22 heavy (non-hydrogen) atoms. The molecular weight excluding hydrogens is 274 g/mol. The van der Waals surface area contributed by atoms with Crippen LogP contribution in [0.3, 0.4) is 0 Å². The molecule has 2 aromatic carbocycles. The Morgan fingerprint density at radius 3 is 1.86 bits per heavy atom. The lowest BCUT2D eigenvalue weighted by Gasteiger charge is -2.12. The van der Waals surface area contributed by atoms with Crippen molar-refractivity contribution in [1.82, 2.24) is 4.98 Å². The number of nitrogens with zero attached hydrogens (tertiary/aromatic N) is 1. The van der Waals surface area contributed by atoms with E-state index in [1.165, 1.54) is 5.56 Å². The van der Waals surface area contributed by atoms with Crippen LogP contribution in [0.25, 0.3) is 0 Å². The Hall–Kier alpha value is -2.65. The van der Waals surface area contributed by atoms with Crippen molar-refractivity contribution in [1.29, 1.82) is 0 Å². The number of benzene rings is 2. The van der Waals surface area contributed by atoms with Crippen molar-refractivity contribution >= 4 is 0 Å². The second kappa shape index (κ2) is 6.41. The number of rotatable bonds is 4. The Labute approximate surface area is 129 Å². The van der Waals surface area contributed by atoms with Crippen molar-refractivity contribution in [2.75, 3.05) is 0 Å². The third-order valence-electron chi connectivity index (χ3n) is 3.47. The van der Waals surface area contributed by atoms with Crippen LogP contribution in [0.5, 0.6) is 11.5 Å². The minimum Gasteiger partial charge on any atom is -0.457 e. The number of aliphatic hydroxyl groups excluding tert-OH is 1. The van der Waals surface area contributed by atoms with Gasteiger partial charge in [0.2, 0.25) is 0 Å². The molecule has 110 valence electrons. The van der Waals surface area contributed by atoms with Gasteiger partial charge in [-0.1, -0.05) is 29.8 Å². The van der Waals surface area contributed by atoms with E-state index in [1.807, 2.05) is 55.5 Å². The lowest BCUT2D eigenvalue weighted by atomic mass is 10.0. The van der Waals surface area contributed by atoms with E-state index < -0.39 is 6.10 Å². The molecule has 1 atom stereocenters. The van der Waals surface area contributed by atoms with Gasteiger partial charge in [-0.15, -0.1) is 0 Å². The van der Waals surface area contributed by atoms with E-state index in [4.69, 9.17) is 4.74 Å². The zero-order valence-electron chi connectivity index (χ0n) is 12.3. The molecule has 3 nitrogen and oxygen atoms in total. The van der Waals surface area contributed by atoms with E-state index in [9.17, 15) is 5.11 Å². The molecule has 0 fully saturated rings. The van der Waals surface area contributed by atoms with Crippen molar-refractivity contribution in [3.63, 3.8) is 0 Å². The molecule has 0 amide bonds. The number of pyridine rings is 1. The molecule has 0 aliphatic rings. The monoisotopic (exact) mass is 291 g/mol. The molecule has 1 N–H and O–H groups in total. The number of aliphatic hydroxyl groups is 1. The van der Waals surface area contributed by atoms with Gasteiger partial charge in [0.15, 0.2) is 0 Å². The number of ether oxygens (including phenoxy) is 1. The molecule has 0 aliphatic heterocycles. The van der Waals surface area contributed by atoms with E-state index in [-0.39, 0.29) is 0 Å². The largest absolute Gasteiger partial charge is 0.457 e. The van der Waals surface area contributed by atoms with Crippen molar-refractivity contribution in [3.8, 4) is 11.5 Å². The Kier molecular flexibility index (Phi) is 4.17. The summed E-state index contributed by atoms with van der Waals surface area (Å²) < 4.78 is 5.78. The molecule has 0 radical (unpaired) electrons. The predicted molar refractivity (Wildman–Crippen MR) is 86.0 cm³/mol. The zero-order chi connectivity index (χ0) is 15.4. The summed E-state index contributed by atoms with van der Waals surface area (Å²) >= 11 is 0. The molecule has 1 heterocycles. The smallest absolute Gasteiger partial charge is 0.127 e. The average Bonchev–Trinajstić information content (AvgIpc) is 2.58. The maximum absolute atomic E-state index is 10.3. The van der Waals surface area contributed by atoms with Crippen molar-refractivity contribution in [3.05, 3.63) is 89.7 Å². The highest BCUT2D eigenvalue weighted by Gasteiger charge is 2.10. The summed E-state index contributed by atoms with van der Waals surface area (Å²) in [5.74, 6) is 1.54. The van der Waals surface area contributed by atoms with Gasteiger partial charge in [-0.3, -0.25) is 4.98 Å². The Morgan fingerprint density at radius 1 is 0.773 bits per heavy atom. The Balaban J connectivity index is 1.74. The first-order chi connectivity index (χ1) is 10.7. The third kappa shape index (κ3) is 3.32. The fourth-order valence-corrected chi connectivity index (χ4v) is 2.20. The third-order valence-corrected chi connectivity index (χ3v) is 3.47. The second-order valence-corrected chi connectivity index (χ2v) is 5.17. The topological polar surface area (TPSA) is 42.4 Å². The van der Waals surface area contributed by atoms with E-state index in [1.54, 1.807) is 24.5 Å². The van der Waals surface area contributed by atoms with Gasteiger partial charge in [0.1, 0.15) is 17.6 Å². The lowest BCUT2D eigenvalue weighted by molar-refractivity contribution is 0.220. The molecule has 1 unspecified atom stereocenters. The summed E-state index contributed by atoms with van der Waals surface area (Å²) in [5, 5.41) is 10.3. The van der Waals surface area contributed by atoms with Gasteiger partial charge in [-0.25, -0.2) is 0 Å². The van der Waals surface area contributed by atoms with Crippen molar-refractivity contribution in [2.24, 2.45) is 0 Å². The molecule has 0 saturated heterocycles. The maximum Gasteiger partial charge on any atom is 0.127 e. The van der Waals surface area contributed by atoms with Crippen LogP contribution in [0.1, 0.15) is 22.8 Å². The second-order valence-electron chi connectivity index (χ2n) is 5.17. The van der Waals surface area contributed by atoms with Crippen LogP contribution in [0.4, 0.5) is 0 Å². The lowest BCUT2D eigenvalue weighted by Crippen LogP contribution is -1.99. The van der Waals surface area contributed by atoms with Gasteiger partial charge in [-0.2, -0.15) is 0 Å². The van der Waals surface area contributed by atoms with E-state index in [2.05, 4.69) is 4.98 Å². The molecule has 1 aromatic heterocycles. The average molecular weight is 291 g/mol. The van der Waals surface area contributed by atoms with E-state index in [0.717, 1.165) is 22.6 Å². The first kappa shape index (κ1) is 14.3. The minimum atomic E-state index is -0.656. The molecule has 3 heteroatoms. The van der Waals surface area contributed by atoms with Gasteiger partial charge in [0, 0.05) is 12.4 Å². The van der Waals surface area contributed by atoms with Crippen LogP contribution in [-0.2, 0) is 0 Å². The summed E-state index contributed by atoms with van der Waals surface area (Å²) in [6, 6.07) is 19.0. The summed E-state index contributed by atoms with van der Waals surface area (Å²) in [6.45, 7) is 2.04. The zero-order valence-corrected chi connectivity index (χ0v) is 12.3. The van der Waals surface area contributed by atoms with Crippen LogP contribution >= 0.6 is 0 Å². The predicted octanol–water partition coefficient (Wildman–Crippen LogP) is 4.26. The first-order valence-electron chi connectivity index (χ1n) is 7.15. The molecular formula is C19H17NO2. The summed E-state index contributed by atoms with van der Waals surface area (Å²) in [7, 11) is 0. The SMILES string of the molecule is Cc1ccc(Oc2ccc(C(O)c3ccncc3)cc2)cc1. The molecule has 0 aliphatic carbocycles. The highest BCUT2D eigenvalue weighted by molar-refractivity contribution is 5.36. The fourth-order valence-electron chi connectivity index (χ4n) is 2.20. The molecule has 3 aromatic rings. The van der Waals surface area contributed by atoms with Gasteiger partial charge in [-0.05, 0) is 54.4 Å². The summed E-state index contributed by atoms with van der Waals surface area (Å²) in [4.78, 5) is 3.96. The van der Waals surface area contributed by atoms with Crippen LogP contribution in [-0.4, -0.2) is 10.1 Å². The summed E-state index contributed by atoms with van der Waals surface area (Å²) in [6.07, 6.45) is 2.69. The highest BCUT2D eigenvalue weighted by Crippen LogP contribution is 2.26. The minimum absolute atomic E-state index is 0.656. The quantitative estimate of drug-likeness (QED) is 0.780. The van der Waals surface area contributed by atoms with Crippen molar-refractivity contribution in [2.45, 2.75) is 13.0 Å². The molecule has 0 saturated carbocycles. The Morgan fingerprint density at radius 2 is 1.27 bits per heavy atom. The number of aryl methyl sites for hydroxylation is 1. The maximum atomic E-state index is 10.3. The van der Waals surface area contributed by atoms with E-state index >= 15 is 0 Å². The van der Waals surface area contributed by atoms with E-state index in [0.29, 0.717) is 0 Å². The van der Waals surface area contributed by atoms with Crippen molar-refractivity contribution < 1.29 is 9.84 Å². The highest BCUT2D eigenvalue weighted by atomic mass is 16.5. The van der Waals surface area contributed by atoms with Crippen LogP contribution in [0.2, 0.25) is 0 Å². The van der Waals surface area contributed by atoms with Crippen LogP contribution in [0.15, 0.2) is 73.1 Å². The molecule has 0 spiro atoms. The fraction of sp³-hybridized carbons (Fsp3) is 0.105. The Bertz CT molecular complexity index is 722. The van der Waals surface area contributed by atoms with Gasteiger partial charge in [0.05, 0.1) is 0 Å². The number of hydrogen-bond acceptors (Lipinski definition) is 3. The first-order valence-corrected chi connectivity index (χ1v) is 7.15. The van der Waals surface area contributed by atoms with Gasteiger partial charge in [0.25, 0.3) is 0 Å². The number of aromatic nitrogens is 1. The standard InChI is InChI=1S/C19H17NO2/c1-14-2-6-17(7-3-14)22-18-8-4-15(5-9-18)19(21)16-10-12-20-13-11-16/h2-13,19,21H,1H3. The van der Waals surface area contributed by atoms with Gasteiger partial charge >= 0.3 is 0 Å². The van der Waals surface area contributed by atoms with Crippen LogP contribution in [0, 0.1) is 6.92 Å². The normalized spacial score (nSPS) is 11.9. The van der Waals surface area contributed by atoms with Gasteiger partial charge < -0.3 is 9.84 Å². The number of hydrogen-bond donors (Lipinski definition) is 1. The summed E-state index contributed by atoms with van der Waals surface area (Å²) in [5.41, 5.74) is 2.84. The molecule has 3 rings (SSSR count).